The molecule has 1 heterocycles. The van der Waals surface area contributed by atoms with E-state index in [1.54, 1.807) is 12.1 Å². The first-order chi connectivity index (χ1) is 9.76. The second-order valence-corrected chi connectivity index (χ2v) is 4.26. The van der Waals surface area contributed by atoms with Crippen LogP contribution in [0.3, 0.4) is 0 Å². The molecule has 0 radical (unpaired) electrons. The van der Waals surface area contributed by atoms with Gasteiger partial charge in [0, 0.05) is 23.9 Å². The second-order valence-electron chi connectivity index (χ2n) is 4.26. The molecule has 5 heteroatoms. The maximum absolute atomic E-state index is 12.9. The van der Waals surface area contributed by atoms with Crippen molar-refractivity contribution in [3.63, 3.8) is 0 Å². The topological polar surface area (TPSA) is 51.0 Å². The highest BCUT2D eigenvalue weighted by atomic mass is 19.1. The molecule has 0 aliphatic rings. The van der Waals surface area contributed by atoms with Crippen molar-refractivity contribution in [2.45, 2.75) is 0 Å². The lowest BCUT2D eigenvalue weighted by Crippen LogP contribution is -1.87. The van der Waals surface area contributed by atoms with E-state index in [9.17, 15) is 4.39 Å². The summed E-state index contributed by atoms with van der Waals surface area (Å²) < 4.78 is 18.1. The number of anilines is 1. The molecule has 0 atom stereocenters. The van der Waals surface area contributed by atoms with Crippen LogP contribution in [0.25, 0.3) is 22.8 Å². The average Bonchev–Trinajstić information content (AvgIpc) is 2.98. The van der Waals surface area contributed by atoms with Crippen molar-refractivity contribution in [3.8, 4) is 22.8 Å². The van der Waals surface area contributed by atoms with Crippen molar-refractivity contribution >= 4 is 5.69 Å². The van der Waals surface area contributed by atoms with Crippen LogP contribution in [0, 0.1) is 5.82 Å². The van der Waals surface area contributed by atoms with Gasteiger partial charge in [-0.3, -0.25) is 0 Å². The monoisotopic (exact) mass is 269 g/mol. The van der Waals surface area contributed by atoms with Gasteiger partial charge in [0.05, 0.1) is 0 Å². The molecule has 100 valence electrons. The van der Waals surface area contributed by atoms with Crippen molar-refractivity contribution in [2.75, 3.05) is 12.4 Å². The maximum atomic E-state index is 12.9. The summed E-state index contributed by atoms with van der Waals surface area (Å²) in [6.45, 7) is 0. The van der Waals surface area contributed by atoms with Gasteiger partial charge in [0.25, 0.3) is 5.89 Å². The van der Waals surface area contributed by atoms with E-state index in [4.69, 9.17) is 4.52 Å². The van der Waals surface area contributed by atoms with Crippen LogP contribution in [0.5, 0.6) is 0 Å². The van der Waals surface area contributed by atoms with E-state index >= 15 is 0 Å². The van der Waals surface area contributed by atoms with Crippen LogP contribution in [0.2, 0.25) is 0 Å². The Balaban J connectivity index is 1.91. The fourth-order valence-electron chi connectivity index (χ4n) is 1.84. The number of hydrogen-bond acceptors (Lipinski definition) is 4. The van der Waals surface area contributed by atoms with E-state index in [0.717, 1.165) is 11.3 Å². The third-order valence-electron chi connectivity index (χ3n) is 2.95. The van der Waals surface area contributed by atoms with Crippen LogP contribution in [-0.4, -0.2) is 17.2 Å². The third kappa shape index (κ3) is 2.38. The first-order valence-electron chi connectivity index (χ1n) is 6.14. The second kappa shape index (κ2) is 5.13. The van der Waals surface area contributed by atoms with Crippen LogP contribution < -0.4 is 5.32 Å². The number of rotatable bonds is 3. The summed E-state index contributed by atoms with van der Waals surface area (Å²) in [6, 6.07) is 13.6. The summed E-state index contributed by atoms with van der Waals surface area (Å²) >= 11 is 0. The summed E-state index contributed by atoms with van der Waals surface area (Å²) in [7, 11) is 1.86. The quantitative estimate of drug-likeness (QED) is 0.789. The molecule has 4 nitrogen and oxygen atoms in total. The summed E-state index contributed by atoms with van der Waals surface area (Å²) in [4.78, 5) is 4.32. The van der Waals surface area contributed by atoms with Gasteiger partial charge in [0.2, 0.25) is 5.82 Å². The fourth-order valence-corrected chi connectivity index (χ4v) is 1.84. The molecular weight excluding hydrogens is 257 g/mol. The van der Waals surface area contributed by atoms with Gasteiger partial charge in [-0.25, -0.2) is 4.39 Å². The minimum Gasteiger partial charge on any atom is -0.388 e. The normalized spacial score (nSPS) is 10.5. The predicted octanol–water partition coefficient (Wildman–Crippen LogP) is 3.58. The zero-order chi connectivity index (χ0) is 13.9. The molecule has 2 aromatic carbocycles. The number of nitrogens with zero attached hydrogens (tertiary/aromatic N) is 2. The number of nitrogens with one attached hydrogen (secondary N) is 1. The minimum absolute atomic E-state index is 0.292. The summed E-state index contributed by atoms with van der Waals surface area (Å²) in [5.74, 6) is 0.588. The Kier molecular flexibility index (Phi) is 3.16. The highest BCUT2D eigenvalue weighted by molar-refractivity contribution is 5.61. The van der Waals surface area contributed by atoms with Gasteiger partial charge in [0.1, 0.15) is 5.82 Å². The molecule has 0 fully saturated rings. The molecule has 1 aromatic heterocycles. The Morgan fingerprint density at radius 2 is 1.60 bits per heavy atom. The molecule has 0 aliphatic carbocycles. The molecule has 1 N–H and O–H groups in total. The molecule has 3 rings (SSSR count). The van der Waals surface area contributed by atoms with Gasteiger partial charge in [-0.1, -0.05) is 5.16 Å². The SMILES string of the molecule is CNc1ccc(-c2nc(-c3ccc(F)cc3)no2)cc1. The minimum atomic E-state index is -0.292. The molecular formula is C15H12FN3O. The predicted molar refractivity (Wildman–Crippen MR) is 74.7 cm³/mol. The van der Waals surface area contributed by atoms with Gasteiger partial charge in [-0.15, -0.1) is 0 Å². The molecule has 0 saturated carbocycles. The van der Waals surface area contributed by atoms with Gasteiger partial charge in [-0.2, -0.15) is 4.98 Å². The molecule has 0 bridgehead atoms. The van der Waals surface area contributed by atoms with Gasteiger partial charge >= 0.3 is 0 Å². The zero-order valence-corrected chi connectivity index (χ0v) is 10.8. The Morgan fingerprint density at radius 1 is 0.950 bits per heavy atom. The van der Waals surface area contributed by atoms with Crippen LogP contribution in [0.4, 0.5) is 10.1 Å². The third-order valence-corrected chi connectivity index (χ3v) is 2.95. The van der Waals surface area contributed by atoms with Gasteiger partial charge in [-0.05, 0) is 48.5 Å². The largest absolute Gasteiger partial charge is 0.388 e. The fraction of sp³-hybridized carbons (Fsp3) is 0.0667. The maximum Gasteiger partial charge on any atom is 0.258 e. The molecule has 0 aliphatic heterocycles. The Hall–Kier alpha value is -2.69. The molecule has 0 spiro atoms. The zero-order valence-electron chi connectivity index (χ0n) is 10.8. The van der Waals surface area contributed by atoms with Crippen LogP contribution in [0.1, 0.15) is 0 Å². The number of halogens is 1. The lowest BCUT2D eigenvalue weighted by Gasteiger charge is -1.99. The first kappa shape index (κ1) is 12.3. The molecule has 0 unspecified atom stereocenters. The average molecular weight is 269 g/mol. The van der Waals surface area contributed by atoms with Gasteiger partial charge in [0.15, 0.2) is 0 Å². The van der Waals surface area contributed by atoms with E-state index in [1.807, 2.05) is 31.3 Å². The van der Waals surface area contributed by atoms with Crippen molar-refractivity contribution < 1.29 is 8.91 Å². The molecule has 20 heavy (non-hydrogen) atoms. The van der Waals surface area contributed by atoms with Crippen LogP contribution in [0.15, 0.2) is 53.1 Å². The van der Waals surface area contributed by atoms with Crippen molar-refractivity contribution in [3.05, 3.63) is 54.3 Å². The lowest BCUT2D eigenvalue weighted by atomic mass is 10.2. The van der Waals surface area contributed by atoms with E-state index in [2.05, 4.69) is 15.5 Å². The van der Waals surface area contributed by atoms with Gasteiger partial charge < -0.3 is 9.84 Å². The lowest BCUT2D eigenvalue weighted by molar-refractivity contribution is 0.432. The van der Waals surface area contributed by atoms with E-state index in [1.165, 1.54) is 12.1 Å². The van der Waals surface area contributed by atoms with Crippen molar-refractivity contribution in [1.82, 2.24) is 10.1 Å². The summed E-state index contributed by atoms with van der Waals surface area (Å²) in [6.07, 6.45) is 0. The van der Waals surface area contributed by atoms with E-state index in [0.29, 0.717) is 17.3 Å². The summed E-state index contributed by atoms with van der Waals surface area (Å²) in [5, 5.41) is 6.95. The Bertz CT molecular complexity index is 705. The first-order valence-corrected chi connectivity index (χ1v) is 6.14. The standard InChI is InChI=1S/C15H12FN3O/c1-17-13-8-4-11(5-9-13)15-18-14(19-20-15)10-2-6-12(16)7-3-10/h2-9,17H,1H3. The van der Waals surface area contributed by atoms with E-state index in [-0.39, 0.29) is 5.82 Å². The Morgan fingerprint density at radius 3 is 2.25 bits per heavy atom. The number of aromatic nitrogens is 2. The smallest absolute Gasteiger partial charge is 0.258 e. The number of benzene rings is 2. The number of hydrogen-bond donors (Lipinski definition) is 1. The highest BCUT2D eigenvalue weighted by Crippen LogP contribution is 2.23. The Labute approximate surface area is 115 Å². The van der Waals surface area contributed by atoms with Crippen molar-refractivity contribution in [2.24, 2.45) is 0 Å². The van der Waals surface area contributed by atoms with E-state index < -0.39 is 0 Å². The van der Waals surface area contributed by atoms with Crippen LogP contribution >= 0.6 is 0 Å². The molecule has 3 aromatic rings. The van der Waals surface area contributed by atoms with Crippen molar-refractivity contribution in [1.29, 1.82) is 0 Å². The molecule has 0 amide bonds. The summed E-state index contributed by atoms with van der Waals surface area (Å²) in [5.41, 5.74) is 2.56. The van der Waals surface area contributed by atoms with Crippen LogP contribution in [-0.2, 0) is 0 Å². The molecule has 0 saturated heterocycles. The highest BCUT2D eigenvalue weighted by Gasteiger charge is 2.10.